The Morgan fingerprint density at radius 3 is 2.80 bits per heavy atom. The summed E-state index contributed by atoms with van der Waals surface area (Å²) in [7, 11) is 1.55. The van der Waals surface area contributed by atoms with E-state index in [1.807, 2.05) is 26.0 Å². The molecule has 130 valence electrons. The second kappa shape index (κ2) is 7.02. The van der Waals surface area contributed by atoms with E-state index in [1.54, 1.807) is 13.2 Å². The van der Waals surface area contributed by atoms with E-state index in [4.69, 9.17) is 9.15 Å². The number of carbonyl (C=O) groups is 1. The predicted octanol–water partition coefficient (Wildman–Crippen LogP) is 2.84. The molecule has 1 aromatic carbocycles. The number of nitrogens with zero attached hydrogens (tertiary/aromatic N) is 2. The number of aromatic nitrogens is 2. The maximum Gasteiger partial charge on any atom is 0.339 e. The summed E-state index contributed by atoms with van der Waals surface area (Å²) in [6.07, 6.45) is 0.450. The Labute approximate surface area is 147 Å². The molecule has 3 aromatic rings. The average Bonchev–Trinajstić information content (AvgIpc) is 2.98. The highest BCUT2D eigenvalue weighted by Gasteiger charge is 2.14. The number of aryl methyl sites for hydroxylation is 2. The highest BCUT2D eigenvalue weighted by molar-refractivity contribution is 7.15. The SMILES string of the molecule is COc1ccc2c(C)c(CCC(=O)Nc3nnc(C)s3)c(=O)oc2c1. The van der Waals surface area contributed by atoms with Gasteiger partial charge in [-0.3, -0.25) is 4.79 Å². The lowest BCUT2D eigenvalue weighted by atomic mass is 10.0. The van der Waals surface area contributed by atoms with Gasteiger partial charge in [-0.05, 0) is 38.0 Å². The van der Waals surface area contributed by atoms with Crippen LogP contribution in [-0.2, 0) is 11.2 Å². The number of benzene rings is 1. The fourth-order valence-corrected chi connectivity index (χ4v) is 3.17. The van der Waals surface area contributed by atoms with Crippen LogP contribution >= 0.6 is 11.3 Å². The first-order chi connectivity index (χ1) is 12.0. The number of amides is 1. The highest BCUT2D eigenvalue weighted by atomic mass is 32.1. The summed E-state index contributed by atoms with van der Waals surface area (Å²) in [6.45, 7) is 3.67. The fraction of sp³-hybridized carbons (Fsp3) is 0.294. The first kappa shape index (κ1) is 17.1. The molecule has 0 saturated heterocycles. The zero-order valence-electron chi connectivity index (χ0n) is 14.1. The Morgan fingerprint density at radius 1 is 1.32 bits per heavy atom. The minimum Gasteiger partial charge on any atom is -0.497 e. The number of methoxy groups -OCH3 is 1. The molecule has 0 aliphatic rings. The van der Waals surface area contributed by atoms with Gasteiger partial charge in [-0.15, -0.1) is 10.2 Å². The molecule has 0 spiro atoms. The van der Waals surface area contributed by atoms with Crippen molar-refractivity contribution in [3.8, 4) is 5.75 Å². The molecule has 0 aliphatic heterocycles. The number of anilines is 1. The highest BCUT2D eigenvalue weighted by Crippen LogP contribution is 2.24. The number of nitrogens with one attached hydrogen (secondary N) is 1. The van der Waals surface area contributed by atoms with Crippen LogP contribution in [0.1, 0.15) is 22.6 Å². The van der Waals surface area contributed by atoms with E-state index in [0.717, 1.165) is 16.0 Å². The molecule has 0 aliphatic carbocycles. The van der Waals surface area contributed by atoms with Gasteiger partial charge >= 0.3 is 5.63 Å². The zero-order valence-corrected chi connectivity index (χ0v) is 14.9. The van der Waals surface area contributed by atoms with Crippen molar-refractivity contribution in [2.75, 3.05) is 12.4 Å². The second-order valence-electron chi connectivity index (χ2n) is 5.53. The van der Waals surface area contributed by atoms with Crippen molar-refractivity contribution in [2.45, 2.75) is 26.7 Å². The molecule has 0 bridgehead atoms. The second-order valence-corrected chi connectivity index (χ2v) is 6.71. The van der Waals surface area contributed by atoms with E-state index >= 15 is 0 Å². The van der Waals surface area contributed by atoms with Crippen molar-refractivity contribution < 1.29 is 13.9 Å². The number of ether oxygens (including phenoxy) is 1. The van der Waals surface area contributed by atoms with Gasteiger partial charge < -0.3 is 14.5 Å². The lowest BCUT2D eigenvalue weighted by molar-refractivity contribution is -0.116. The summed E-state index contributed by atoms with van der Waals surface area (Å²) in [5, 5.41) is 12.4. The molecular formula is C17H17N3O4S. The van der Waals surface area contributed by atoms with Crippen molar-refractivity contribution in [1.29, 1.82) is 0 Å². The maximum atomic E-state index is 12.3. The molecule has 2 aromatic heterocycles. The minimum absolute atomic E-state index is 0.159. The van der Waals surface area contributed by atoms with Crippen LogP contribution in [-0.4, -0.2) is 23.2 Å². The normalized spacial score (nSPS) is 10.8. The van der Waals surface area contributed by atoms with Gasteiger partial charge in [-0.2, -0.15) is 0 Å². The lowest BCUT2D eigenvalue weighted by Gasteiger charge is -2.08. The molecule has 25 heavy (non-hydrogen) atoms. The van der Waals surface area contributed by atoms with Crippen LogP contribution < -0.4 is 15.7 Å². The molecule has 0 atom stereocenters. The molecule has 0 unspecified atom stereocenters. The number of fused-ring (bicyclic) bond motifs is 1. The molecule has 0 fully saturated rings. The first-order valence-electron chi connectivity index (χ1n) is 7.68. The van der Waals surface area contributed by atoms with Crippen LogP contribution in [0.3, 0.4) is 0 Å². The minimum atomic E-state index is -0.433. The number of rotatable bonds is 5. The summed E-state index contributed by atoms with van der Waals surface area (Å²) < 4.78 is 10.5. The van der Waals surface area contributed by atoms with Crippen molar-refractivity contribution in [3.05, 3.63) is 44.8 Å². The summed E-state index contributed by atoms with van der Waals surface area (Å²) in [5.74, 6) is 0.402. The molecule has 1 N–H and O–H groups in total. The van der Waals surface area contributed by atoms with Gasteiger partial charge in [0.1, 0.15) is 16.3 Å². The summed E-state index contributed by atoms with van der Waals surface area (Å²) in [5.41, 5.74) is 1.35. The van der Waals surface area contributed by atoms with Gasteiger partial charge in [-0.1, -0.05) is 11.3 Å². The van der Waals surface area contributed by atoms with Crippen molar-refractivity contribution >= 4 is 33.3 Å². The predicted molar refractivity (Wildman–Crippen MR) is 95.4 cm³/mol. The van der Waals surface area contributed by atoms with Crippen molar-refractivity contribution in [3.63, 3.8) is 0 Å². The van der Waals surface area contributed by atoms with Gasteiger partial charge in [-0.25, -0.2) is 4.79 Å². The molecule has 1 amide bonds. The summed E-state index contributed by atoms with van der Waals surface area (Å²) in [6, 6.07) is 5.33. The Morgan fingerprint density at radius 2 is 2.12 bits per heavy atom. The van der Waals surface area contributed by atoms with Crippen LogP contribution in [0.2, 0.25) is 0 Å². The Hall–Kier alpha value is -2.74. The zero-order chi connectivity index (χ0) is 18.0. The average molecular weight is 359 g/mol. The molecule has 3 rings (SSSR count). The monoisotopic (exact) mass is 359 g/mol. The molecular weight excluding hydrogens is 342 g/mol. The van der Waals surface area contributed by atoms with Gasteiger partial charge in [0.25, 0.3) is 0 Å². The Balaban J connectivity index is 1.79. The van der Waals surface area contributed by atoms with Gasteiger partial charge in [0.15, 0.2) is 0 Å². The molecule has 0 saturated carbocycles. The van der Waals surface area contributed by atoms with Crippen LogP contribution in [0.25, 0.3) is 11.0 Å². The molecule has 8 heteroatoms. The van der Waals surface area contributed by atoms with Gasteiger partial charge in [0.05, 0.1) is 7.11 Å². The van der Waals surface area contributed by atoms with E-state index in [0.29, 0.717) is 28.4 Å². The van der Waals surface area contributed by atoms with Gasteiger partial charge in [0, 0.05) is 23.4 Å². The topological polar surface area (TPSA) is 94.3 Å². The Bertz CT molecular complexity index is 993. The molecule has 0 radical (unpaired) electrons. The van der Waals surface area contributed by atoms with Crippen LogP contribution in [0, 0.1) is 13.8 Å². The van der Waals surface area contributed by atoms with Crippen LogP contribution in [0.15, 0.2) is 27.4 Å². The third kappa shape index (κ3) is 3.69. The van der Waals surface area contributed by atoms with Gasteiger partial charge in [0.2, 0.25) is 11.0 Å². The van der Waals surface area contributed by atoms with Crippen LogP contribution in [0.4, 0.5) is 5.13 Å². The third-order valence-electron chi connectivity index (χ3n) is 3.87. The Kier molecular flexibility index (Phi) is 4.80. The van der Waals surface area contributed by atoms with E-state index < -0.39 is 5.63 Å². The van der Waals surface area contributed by atoms with Crippen LogP contribution in [0.5, 0.6) is 5.75 Å². The van der Waals surface area contributed by atoms with E-state index in [-0.39, 0.29) is 12.3 Å². The summed E-state index contributed by atoms with van der Waals surface area (Å²) >= 11 is 1.30. The maximum absolute atomic E-state index is 12.3. The summed E-state index contributed by atoms with van der Waals surface area (Å²) in [4.78, 5) is 24.3. The smallest absolute Gasteiger partial charge is 0.339 e. The lowest BCUT2D eigenvalue weighted by Crippen LogP contribution is -2.16. The fourth-order valence-electron chi connectivity index (χ4n) is 2.56. The van der Waals surface area contributed by atoms with E-state index in [2.05, 4.69) is 15.5 Å². The van der Waals surface area contributed by atoms with Crippen molar-refractivity contribution in [2.24, 2.45) is 0 Å². The first-order valence-corrected chi connectivity index (χ1v) is 8.50. The third-order valence-corrected chi connectivity index (χ3v) is 4.62. The largest absolute Gasteiger partial charge is 0.497 e. The molecule has 2 heterocycles. The number of hydrogen-bond donors (Lipinski definition) is 1. The van der Waals surface area contributed by atoms with Crippen molar-refractivity contribution in [1.82, 2.24) is 10.2 Å². The van der Waals surface area contributed by atoms with E-state index in [9.17, 15) is 9.59 Å². The number of hydrogen-bond acceptors (Lipinski definition) is 7. The standard InChI is InChI=1S/C17H17N3O4S/c1-9-12-5-4-11(23-3)8-14(12)24-16(22)13(9)6-7-15(21)18-17-20-19-10(2)25-17/h4-5,8H,6-7H2,1-3H3,(H,18,20,21). The number of carbonyl (C=O) groups excluding carboxylic acids is 1. The quantitative estimate of drug-likeness (QED) is 0.704. The molecule has 7 nitrogen and oxygen atoms in total. The van der Waals surface area contributed by atoms with E-state index in [1.165, 1.54) is 11.3 Å².